The van der Waals surface area contributed by atoms with Gasteiger partial charge in [-0.25, -0.2) is 4.79 Å². The first-order chi connectivity index (χ1) is 7.26. The molecule has 4 heteroatoms. The normalized spacial score (nSPS) is 11.5. The fourth-order valence-electron chi connectivity index (χ4n) is 1.21. The standard InChI is InChI=1S/C11H13NO3/c1-15-11(14)12-10(8-13)7-9-5-3-2-4-6-9/h2-6,8,10H,7H2,1H3,(H,12,14)/t10-/m1/s1. The highest BCUT2D eigenvalue weighted by Crippen LogP contribution is 2.01. The quantitative estimate of drug-likeness (QED) is 0.753. The summed E-state index contributed by atoms with van der Waals surface area (Å²) >= 11 is 0. The number of aldehydes is 1. The van der Waals surface area contributed by atoms with Crippen LogP contribution in [0.2, 0.25) is 0 Å². The first-order valence-corrected chi connectivity index (χ1v) is 4.60. The average molecular weight is 207 g/mol. The van der Waals surface area contributed by atoms with Crippen molar-refractivity contribution in [3.63, 3.8) is 0 Å². The van der Waals surface area contributed by atoms with Crippen molar-refractivity contribution in [1.82, 2.24) is 5.32 Å². The summed E-state index contributed by atoms with van der Waals surface area (Å²) < 4.78 is 4.41. The number of carbonyl (C=O) groups is 2. The molecule has 0 aliphatic carbocycles. The summed E-state index contributed by atoms with van der Waals surface area (Å²) in [7, 11) is 1.26. The second-order valence-electron chi connectivity index (χ2n) is 3.07. The van der Waals surface area contributed by atoms with Crippen molar-refractivity contribution < 1.29 is 14.3 Å². The van der Waals surface area contributed by atoms with Crippen molar-refractivity contribution in [3.05, 3.63) is 35.9 Å². The molecule has 0 saturated heterocycles. The van der Waals surface area contributed by atoms with E-state index < -0.39 is 12.1 Å². The van der Waals surface area contributed by atoms with E-state index in [9.17, 15) is 9.59 Å². The molecule has 0 unspecified atom stereocenters. The van der Waals surface area contributed by atoms with E-state index in [1.165, 1.54) is 7.11 Å². The Hall–Kier alpha value is -1.84. The highest BCUT2D eigenvalue weighted by molar-refractivity contribution is 5.73. The smallest absolute Gasteiger partial charge is 0.407 e. The fourth-order valence-corrected chi connectivity index (χ4v) is 1.21. The van der Waals surface area contributed by atoms with Crippen LogP contribution >= 0.6 is 0 Å². The van der Waals surface area contributed by atoms with Crippen LogP contribution in [0, 0.1) is 0 Å². The maximum Gasteiger partial charge on any atom is 0.407 e. The first kappa shape index (κ1) is 11.2. The molecule has 4 nitrogen and oxygen atoms in total. The Kier molecular flexibility index (Phi) is 4.34. The van der Waals surface area contributed by atoms with Crippen molar-refractivity contribution in [1.29, 1.82) is 0 Å². The molecule has 0 bridgehead atoms. The summed E-state index contributed by atoms with van der Waals surface area (Å²) in [6.45, 7) is 0. The number of rotatable bonds is 4. The number of ether oxygens (including phenoxy) is 1. The van der Waals surface area contributed by atoms with E-state index in [4.69, 9.17) is 0 Å². The van der Waals surface area contributed by atoms with Crippen LogP contribution in [-0.4, -0.2) is 25.5 Å². The molecule has 0 saturated carbocycles. The van der Waals surface area contributed by atoms with Crippen molar-refractivity contribution in [2.24, 2.45) is 0 Å². The van der Waals surface area contributed by atoms with Gasteiger partial charge in [-0.3, -0.25) is 0 Å². The molecule has 1 rings (SSSR count). The van der Waals surface area contributed by atoms with Crippen molar-refractivity contribution in [2.45, 2.75) is 12.5 Å². The molecule has 0 radical (unpaired) electrons. The molecule has 1 N–H and O–H groups in total. The second-order valence-corrected chi connectivity index (χ2v) is 3.07. The molecule has 1 aromatic rings. The molecule has 0 fully saturated rings. The second kappa shape index (κ2) is 5.80. The Bertz CT molecular complexity index is 324. The predicted molar refractivity (Wildman–Crippen MR) is 55.5 cm³/mol. The number of amides is 1. The van der Waals surface area contributed by atoms with E-state index in [1.807, 2.05) is 30.3 Å². The number of hydrogen-bond donors (Lipinski definition) is 1. The maximum atomic E-state index is 10.9. The van der Waals surface area contributed by atoms with Crippen LogP contribution < -0.4 is 5.32 Å². The molecule has 15 heavy (non-hydrogen) atoms. The molecule has 1 aromatic carbocycles. The topological polar surface area (TPSA) is 55.4 Å². The highest BCUT2D eigenvalue weighted by Gasteiger charge is 2.11. The van der Waals surface area contributed by atoms with Gasteiger partial charge in [0.25, 0.3) is 0 Å². The number of methoxy groups -OCH3 is 1. The van der Waals surface area contributed by atoms with Crippen LogP contribution in [0.5, 0.6) is 0 Å². The van der Waals surface area contributed by atoms with Gasteiger partial charge in [-0.2, -0.15) is 0 Å². The lowest BCUT2D eigenvalue weighted by Crippen LogP contribution is -2.37. The molecular formula is C11H13NO3. The molecule has 0 spiro atoms. The minimum Gasteiger partial charge on any atom is -0.453 e. The number of hydrogen-bond acceptors (Lipinski definition) is 3. The summed E-state index contributed by atoms with van der Waals surface area (Å²) in [6.07, 6.45) is 0.576. The molecular weight excluding hydrogens is 194 g/mol. The van der Waals surface area contributed by atoms with E-state index >= 15 is 0 Å². The monoisotopic (exact) mass is 207 g/mol. The summed E-state index contributed by atoms with van der Waals surface area (Å²) in [6, 6.07) is 8.92. The Labute approximate surface area is 88.2 Å². The van der Waals surface area contributed by atoms with Crippen LogP contribution in [0.25, 0.3) is 0 Å². The zero-order valence-electron chi connectivity index (χ0n) is 8.47. The molecule has 80 valence electrons. The van der Waals surface area contributed by atoms with E-state index in [-0.39, 0.29) is 0 Å². The lowest BCUT2D eigenvalue weighted by molar-refractivity contribution is -0.109. The molecule has 1 amide bonds. The lowest BCUT2D eigenvalue weighted by atomic mass is 10.1. The number of benzene rings is 1. The number of nitrogens with one attached hydrogen (secondary N) is 1. The Morgan fingerprint density at radius 3 is 2.67 bits per heavy atom. The molecule has 0 aromatic heterocycles. The molecule has 0 heterocycles. The predicted octanol–water partition coefficient (Wildman–Crippen LogP) is 1.15. The van der Waals surface area contributed by atoms with Crippen LogP contribution in [0.15, 0.2) is 30.3 Å². The summed E-state index contributed by atoms with van der Waals surface area (Å²) in [5.74, 6) is 0. The minimum absolute atomic E-state index is 0.472. The molecule has 0 aliphatic rings. The van der Waals surface area contributed by atoms with Crippen LogP contribution in [0.3, 0.4) is 0 Å². The van der Waals surface area contributed by atoms with Gasteiger partial charge in [0.05, 0.1) is 13.2 Å². The van der Waals surface area contributed by atoms with Crippen molar-refractivity contribution in [3.8, 4) is 0 Å². The third kappa shape index (κ3) is 3.81. The van der Waals surface area contributed by atoms with Gasteiger partial charge in [0, 0.05) is 0 Å². The number of carbonyl (C=O) groups excluding carboxylic acids is 2. The van der Waals surface area contributed by atoms with Crippen LogP contribution in [-0.2, 0) is 16.0 Å². The third-order valence-electron chi connectivity index (χ3n) is 1.95. The molecule has 0 aliphatic heterocycles. The van der Waals surface area contributed by atoms with E-state index in [0.717, 1.165) is 5.56 Å². The SMILES string of the molecule is COC(=O)N[C@@H](C=O)Cc1ccccc1. The van der Waals surface area contributed by atoms with E-state index in [2.05, 4.69) is 10.1 Å². The zero-order chi connectivity index (χ0) is 11.1. The van der Waals surface area contributed by atoms with Crippen LogP contribution in [0.4, 0.5) is 4.79 Å². The van der Waals surface area contributed by atoms with Gasteiger partial charge < -0.3 is 14.8 Å². The van der Waals surface area contributed by atoms with Crippen molar-refractivity contribution >= 4 is 12.4 Å². The van der Waals surface area contributed by atoms with Gasteiger partial charge in [-0.15, -0.1) is 0 Å². The minimum atomic E-state index is -0.594. The summed E-state index contributed by atoms with van der Waals surface area (Å²) in [4.78, 5) is 21.6. The van der Waals surface area contributed by atoms with Gasteiger partial charge in [0.1, 0.15) is 6.29 Å². The number of alkyl carbamates (subject to hydrolysis) is 1. The van der Waals surface area contributed by atoms with Gasteiger partial charge >= 0.3 is 6.09 Å². The van der Waals surface area contributed by atoms with E-state index in [1.54, 1.807) is 0 Å². The van der Waals surface area contributed by atoms with Gasteiger partial charge in [-0.1, -0.05) is 30.3 Å². The van der Waals surface area contributed by atoms with Gasteiger partial charge in [0.15, 0.2) is 0 Å². The first-order valence-electron chi connectivity index (χ1n) is 4.60. The zero-order valence-corrected chi connectivity index (χ0v) is 8.47. The van der Waals surface area contributed by atoms with Gasteiger partial charge in [0.2, 0.25) is 0 Å². The lowest BCUT2D eigenvalue weighted by Gasteiger charge is -2.11. The average Bonchev–Trinajstić information content (AvgIpc) is 2.29. The summed E-state index contributed by atoms with van der Waals surface area (Å²) in [5.41, 5.74) is 0.992. The fraction of sp³-hybridized carbons (Fsp3) is 0.273. The Morgan fingerprint density at radius 2 is 2.13 bits per heavy atom. The van der Waals surface area contributed by atoms with E-state index in [0.29, 0.717) is 12.7 Å². The Balaban J connectivity index is 2.54. The Morgan fingerprint density at radius 1 is 1.47 bits per heavy atom. The summed E-state index contributed by atoms with van der Waals surface area (Å²) in [5, 5.41) is 2.44. The van der Waals surface area contributed by atoms with Crippen molar-refractivity contribution in [2.75, 3.05) is 7.11 Å². The highest BCUT2D eigenvalue weighted by atomic mass is 16.5. The maximum absolute atomic E-state index is 10.9. The van der Waals surface area contributed by atoms with Gasteiger partial charge in [-0.05, 0) is 12.0 Å². The third-order valence-corrected chi connectivity index (χ3v) is 1.95. The van der Waals surface area contributed by atoms with Crippen LogP contribution in [0.1, 0.15) is 5.56 Å². The largest absolute Gasteiger partial charge is 0.453 e. The molecule has 1 atom stereocenters.